The zero-order chi connectivity index (χ0) is 14.0. The van der Waals surface area contributed by atoms with Crippen LogP contribution < -0.4 is 0 Å². The lowest BCUT2D eigenvalue weighted by Crippen LogP contribution is -2.27. The lowest BCUT2D eigenvalue weighted by molar-refractivity contribution is -0.150. The van der Waals surface area contributed by atoms with Gasteiger partial charge in [-0.2, -0.15) is 0 Å². The Balaban J connectivity index is 2.31. The van der Waals surface area contributed by atoms with E-state index in [0.717, 1.165) is 11.1 Å². The molecule has 0 spiro atoms. The van der Waals surface area contributed by atoms with Gasteiger partial charge in [0.1, 0.15) is 5.41 Å². The molecule has 1 saturated carbocycles. The normalized spacial score (nSPS) is 24.7. The molecule has 0 aliphatic heterocycles. The number of carbonyl (C=O) groups is 2. The minimum Gasteiger partial charge on any atom is -0.468 e. The molecule has 102 valence electrons. The van der Waals surface area contributed by atoms with Gasteiger partial charge in [0.05, 0.1) is 19.6 Å². The summed E-state index contributed by atoms with van der Waals surface area (Å²) in [5.41, 5.74) is 1.08. The summed E-state index contributed by atoms with van der Waals surface area (Å²) in [7, 11) is 1.35. The highest BCUT2D eigenvalue weighted by Gasteiger charge is 2.66. The summed E-state index contributed by atoms with van der Waals surface area (Å²) in [5, 5.41) is 0. The quantitative estimate of drug-likeness (QED) is 0.779. The molecule has 0 radical (unpaired) electrons. The van der Waals surface area contributed by atoms with E-state index in [-0.39, 0.29) is 11.9 Å². The fourth-order valence-electron chi connectivity index (χ4n) is 2.49. The smallest absolute Gasteiger partial charge is 0.317 e. The van der Waals surface area contributed by atoms with Crippen molar-refractivity contribution in [3.05, 3.63) is 35.4 Å². The van der Waals surface area contributed by atoms with Gasteiger partial charge in [-0.1, -0.05) is 29.8 Å². The van der Waals surface area contributed by atoms with Crippen LogP contribution in [0.25, 0.3) is 0 Å². The standard InChI is InChI=1S/C15H18O4/c1-4-19-13(16)12-9-15(12,14(17)18-3)11-7-5-10(2)6-8-11/h5-8,12H,4,9H2,1-3H3/t12-,15-/m0/s1. The first-order valence-corrected chi connectivity index (χ1v) is 6.38. The summed E-state index contributed by atoms with van der Waals surface area (Å²) >= 11 is 0. The Morgan fingerprint density at radius 1 is 1.32 bits per heavy atom. The Hall–Kier alpha value is -1.84. The number of aryl methyl sites for hydroxylation is 1. The zero-order valence-electron chi connectivity index (χ0n) is 11.4. The maximum atomic E-state index is 12.1. The Labute approximate surface area is 112 Å². The second kappa shape index (κ2) is 5.03. The van der Waals surface area contributed by atoms with E-state index in [1.807, 2.05) is 31.2 Å². The van der Waals surface area contributed by atoms with Gasteiger partial charge in [-0.25, -0.2) is 0 Å². The van der Waals surface area contributed by atoms with Crippen molar-refractivity contribution in [3.8, 4) is 0 Å². The maximum absolute atomic E-state index is 12.1. The van der Waals surface area contributed by atoms with Crippen LogP contribution >= 0.6 is 0 Å². The number of benzene rings is 1. The molecule has 1 aromatic rings. The third-order valence-electron chi connectivity index (χ3n) is 3.65. The Kier molecular flexibility index (Phi) is 3.60. The van der Waals surface area contributed by atoms with Crippen LogP contribution in [0.2, 0.25) is 0 Å². The molecule has 1 aliphatic rings. The van der Waals surface area contributed by atoms with E-state index in [4.69, 9.17) is 9.47 Å². The van der Waals surface area contributed by atoms with Crippen LogP contribution in [0.1, 0.15) is 24.5 Å². The summed E-state index contributed by atoms with van der Waals surface area (Å²) < 4.78 is 9.89. The highest BCUT2D eigenvalue weighted by atomic mass is 16.5. The molecule has 2 rings (SSSR count). The van der Waals surface area contributed by atoms with Crippen molar-refractivity contribution in [1.82, 2.24) is 0 Å². The largest absolute Gasteiger partial charge is 0.468 e. The van der Waals surface area contributed by atoms with Crippen LogP contribution in [0.15, 0.2) is 24.3 Å². The monoisotopic (exact) mass is 262 g/mol. The number of esters is 2. The molecule has 0 amide bonds. The molecule has 0 N–H and O–H groups in total. The van der Waals surface area contributed by atoms with Crippen molar-refractivity contribution in [3.63, 3.8) is 0 Å². The first-order chi connectivity index (χ1) is 9.06. The Morgan fingerprint density at radius 2 is 1.95 bits per heavy atom. The van der Waals surface area contributed by atoms with E-state index in [9.17, 15) is 9.59 Å². The van der Waals surface area contributed by atoms with Gasteiger partial charge in [-0.3, -0.25) is 9.59 Å². The summed E-state index contributed by atoms with van der Waals surface area (Å²) in [6.07, 6.45) is 0.460. The molecule has 0 bridgehead atoms. The molecule has 1 fully saturated rings. The third kappa shape index (κ3) is 2.23. The van der Waals surface area contributed by atoms with Gasteiger partial charge in [-0.15, -0.1) is 0 Å². The number of carbonyl (C=O) groups excluding carboxylic acids is 2. The molecular weight excluding hydrogens is 244 g/mol. The van der Waals surface area contributed by atoms with E-state index >= 15 is 0 Å². The van der Waals surface area contributed by atoms with Crippen molar-refractivity contribution < 1.29 is 19.1 Å². The van der Waals surface area contributed by atoms with Crippen molar-refractivity contribution >= 4 is 11.9 Å². The minimum absolute atomic E-state index is 0.320. The van der Waals surface area contributed by atoms with Crippen LogP contribution in [0.4, 0.5) is 0 Å². The zero-order valence-corrected chi connectivity index (χ0v) is 11.4. The van der Waals surface area contributed by atoms with Crippen LogP contribution in [0.5, 0.6) is 0 Å². The van der Waals surface area contributed by atoms with Crippen LogP contribution in [-0.4, -0.2) is 25.7 Å². The van der Waals surface area contributed by atoms with Gasteiger partial charge in [0.15, 0.2) is 0 Å². The predicted molar refractivity (Wildman–Crippen MR) is 69.6 cm³/mol. The average molecular weight is 262 g/mol. The number of methoxy groups -OCH3 is 1. The summed E-state index contributed by atoms with van der Waals surface area (Å²) in [5.74, 6) is -1.12. The van der Waals surface area contributed by atoms with Crippen molar-refractivity contribution in [2.24, 2.45) is 5.92 Å². The summed E-state index contributed by atoms with van der Waals surface area (Å²) in [6.45, 7) is 4.05. The minimum atomic E-state index is -0.852. The van der Waals surface area contributed by atoms with Gasteiger partial charge in [0.25, 0.3) is 0 Å². The lowest BCUT2D eigenvalue weighted by atomic mass is 9.92. The molecule has 2 atom stereocenters. The number of hydrogen-bond acceptors (Lipinski definition) is 4. The van der Waals surface area contributed by atoms with Gasteiger partial charge < -0.3 is 9.47 Å². The van der Waals surface area contributed by atoms with E-state index in [0.29, 0.717) is 13.0 Å². The van der Waals surface area contributed by atoms with E-state index in [1.165, 1.54) is 7.11 Å². The Morgan fingerprint density at radius 3 is 2.47 bits per heavy atom. The second-order valence-corrected chi connectivity index (χ2v) is 4.84. The van der Waals surface area contributed by atoms with Crippen LogP contribution in [0, 0.1) is 12.8 Å². The highest BCUT2D eigenvalue weighted by molar-refractivity contribution is 5.96. The number of ether oxygens (including phenoxy) is 2. The van der Waals surface area contributed by atoms with E-state index < -0.39 is 11.3 Å². The molecule has 19 heavy (non-hydrogen) atoms. The lowest BCUT2D eigenvalue weighted by Gasteiger charge is -2.15. The van der Waals surface area contributed by atoms with Crippen molar-refractivity contribution in [2.45, 2.75) is 25.7 Å². The van der Waals surface area contributed by atoms with Crippen LogP contribution in [0.3, 0.4) is 0 Å². The van der Waals surface area contributed by atoms with E-state index in [2.05, 4.69) is 0 Å². The number of rotatable bonds is 4. The van der Waals surface area contributed by atoms with Crippen molar-refractivity contribution in [2.75, 3.05) is 13.7 Å². The van der Waals surface area contributed by atoms with Crippen molar-refractivity contribution in [1.29, 1.82) is 0 Å². The molecule has 4 heteroatoms. The molecule has 1 aliphatic carbocycles. The number of hydrogen-bond donors (Lipinski definition) is 0. The van der Waals surface area contributed by atoms with Gasteiger partial charge in [0.2, 0.25) is 0 Å². The average Bonchev–Trinajstić information content (AvgIpc) is 3.16. The fourth-order valence-corrected chi connectivity index (χ4v) is 2.49. The fraction of sp³-hybridized carbons (Fsp3) is 0.467. The molecular formula is C15H18O4. The highest BCUT2D eigenvalue weighted by Crippen LogP contribution is 2.55. The molecule has 1 aromatic carbocycles. The molecule has 4 nitrogen and oxygen atoms in total. The molecule has 0 saturated heterocycles. The summed E-state index contributed by atoms with van der Waals surface area (Å²) in [6, 6.07) is 7.62. The SMILES string of the molecule is CCOC(=O)[C@@H]1C[C@]1(C(=O)OC)c1ccc(C)cc1. The second-order valence-electron chi connectivity index (χ2n) is 4.84. The topological polar surface area (TPSA) is 52.6 Å². The molecule has 0 aromatic heterocycles. The first kappa shape index (κ1) is 13.6. The Bertz CT molecular complexity index is 491. The predicted octanol–water partition coefficient (Wildman–Crippen LogP) is 1.99. The summed E-state index contributed by atoms with van der Waals surface area (Å²) in [4.78, 5) is 23.9. The van der Waals surface area contributed by atoms with Crippen LogP contribution in [-0.2, 0) is 24.5 Å². The first-order valence-electron chi connectivity index (χ1n) is 6.38. The van der Waals surface area contributed by atoms with E-state index in [1.54, 1.807) is 6.92 Å². The third-order valence-corrected chi connectivity index (χ3v) is 3.65. The van der Waals surface area contributed by atoms with Gasteiger partial charge in [-0.05, 0) is 25.8 Å². The van der Waals surface area contributed by atoms with Gasteiger partial charge >= 0.3 is 11.9 Å². The maximum Gasteiger partial charge on any atom is 0.317 e. The molecule has 0 heterocycles. The molecule has 0 unspecified atom stereocenters. The van der Waals surface area contributed by atoms with Gasteiger partial charge in [0, 0.05) is 0 Å².